The van der Waals surface area contributed by atoms with Crippen LogP contribution >= 0.6 is 0 Å². The highest BCUT2D eigenvalue weighted by atomic mass is 19.2. The Hall–Kier alpha value is -3.55. The lowest BCUT2D eigenvalue weighted by Gasteiger charge is -2.13. The Kier molecular flexibility index (Phi) is 7.58. The molecule has 3 rings (SSSR count). The van der Waals surface area contributed by atoms with Crippen molar-refractivity contribution in [2.75, 3.05) is 5.32 Å². The molecule has 3 aromatic rings. The Labute approximate surface area is 192 Å². The molecule has 0 radical (unpaired) electrons. The van der Waals surface area contributed by atoms with Crippen LogP contribution in [-0.2, 0) is 13.1 Å². The Morgan fingerprint density at radius 2 is 1.79 bits per heavy atom. The van der Waals surface area contributed by atoms with E-state index in [1.165, 1.54) is 11.6 Å². The van der Waals surface area contributed by atoms with Crippen LogP contribution in [0.15, 0.2) is 47.5 Å². The number of halogens is 2. The number of amides is 1. The van der Waals surface area contributed by atoms with E-state index < -0.39 is 17.5 Å². The van der Waals surface area contributed by atoms with Gasteiger partial charge in [0.15, 0.2) is 11.6 Å². The molecule has 174 valence electrons. The number of nitrogens with one attached hydrogen (secondary N) is 2. The number of hydrogen-bond acceptors (Lipinski definition) is 3. The van der Waals surface area contributed by atoms with Gasteiger partial charge in [0, 0.05) is 29.1 Å². The topological polar surface area (TPSA) is 71.3 Å². The fourth-order valence-electron chi connectivity index (χ4n) is 3.44. The van der Waals surface area contributed by atoms with Crippen molar-refractivity contribution in [3.63, 3.8) is 0 Å². The average Bonchev–Trinajstić information content (AvgIpc) is 3.06. The minimum atomic E-state index is -1.09. The van der Waals surface area contributed by atoms with Crippen molar-refractivity contribution < 1.29 is 13.6 Å². The number of aryl methyl sites for hydroxylation is 2. The smallest absolute Gasteiger partial charge is 0.258 e. The van der Waals surface area contributed by atoms with Crippen molar-refractivity contribution in [2.45, 2.75) is 53.6 Å². The maximum absolute atomic E-state index is 13.6. The summed E-state index contributed by atoms with van der Waals surface area (Å²) in [6, 6.07) is 10.8. The molecule has 1 amide bonds. The van der Waals surface area contributed by atoms with Crippen LogP contribution in [0.1, 0.15) is 59.6 Å². The van der Waals surface area contributed by atoms with Crippen LogP contribution in [0.5, 0.6) is 0 Å². The molecule has 2 N–H and O–H groups in total. The van der Waals surface area contributed by atoms with Crippen molar-refractivity contribution in [1.82, 2.24) is 15.1 Å². The van der Waals surface area contributed by atoms with Gasteiger partial charge in [0.25, 0.3) is 5.91 Å². The lowest BCUT2D eigenvalue weighted by atomic mass is 10.0. The van der Waals surface area contributed by atoms with Crippen molar-refractivity contribution in [3.05, 3.63) is 82.2 Å². The molecule has 0 unspecified atom stereocenters. The van der Waals surface area contributed by atoms with Gasteiger partial charge in [0.05, 0.1) is 12.2 Å². The molecule has 0 aliphatic rings. The zero-order valence-electron chi connectivity index (χ0n) is 19.5. The molecule has 0 aliphatic heterocycles. The molecule has 0 aliphatic carbocycles. The van der Waals surface area contributed by atoms with Crippen LogP contribution in [-0.4, -0.2) is 21.6 Å². The summed E-state index contributed by atoms with van der Waals surface area (Å²) in [5, 5.41) is 10.3. The van der Waals surface area contributed by atoms with E-state index in [9.17, 15) is 13.6 Å². The van der Waals surface area contributed by atoms with Gasteiger partial charge in [0.1, 0.15) is 0 Å². The van der Waals surface area contributed by atoms with Crippen molar-refractivity contribution in [2.24, 2.45) is 4.99 Å². The number of aliphatic imine (C=N–C) groups is 1. The Balaban J connectivity index is 1.87. The maximum Gasteiger partial charge on any atom is 0.258 e. The van der Waals surface area contributed by atoms with Crippen molar-refractivity contribution in [3.8, 4) is 0 Å². The third-order valence-corrected chi connectivity index (χ3v) is 5.48. The van der Waals surface area contributed by atoms with Crippen LogP contribution in [0.2, 0.25) is 0 Å². The normalized spacial score (nSPS) is 11.7. The molecule has 1 aromatic heterocycles. The standard InChI is InChI=1S/C25H29F2N5O/c1-6-32-17(5)21(16(4)31-32)14-28-25(29-20-10-7-18(8-11-20)15(2)3)30-24(33)19-9-12-22(26)23(27)13-19/h7-13,15H,6,14H2,1-5H3,(H2,28,29,30,33). The second-order valence-electron chi connectivity index (χ2n) is 8.11. The van der Waals surface area contributed by atoms with Gasteiger partial charge >= 0.3 is 0 Å². The Bertz CT molecular complexity index is 1170. The molecule has 0 saturated heterocycles. The van der Waals surface area contributed by atoms with Crippen LogP contribution in [0, 0.1) is 25.5 Å². The summed E-state index contributed by atoms with van der Waals surface area (Å²) in [6.07, 6.45) is 0. The molecule has 1 heterocycles. The number of rotatable bonds is 6. The number of guanidine groups is 1. The minimum absolute atomic E-state index is 0.00952. The highest BCUT2D eigenvalue weighted by Crippen LogP contribution is 2.18. The van der Waals surface area contributed by atoms with E-state index in [0.29, 0.717) is 12.5 Å². The van der Waals surface area contributed by atoms with E-state index in [2.05, 4.69) is 34.6 Å². The second-order valence-corrected chi connectivity index (χ2v) is 8.11. The van der Waals surface area contributed by atoms with Gasteiger partial charge in [-0.3, -0.25) is 14.8 Å². The second kappa shape index (κ2) is 10.4. The van der Waals surface area contributed by atoms with Gasteiger partial charge in [-0.1, -0.05) is 26.0 Å². The molecule has 2 aromatic carbocycles. The summed E-state index contributed by atoms with van der Waals surface area (Å²) in [6.45, 7) is 11.2. The zero-order valence-corrected chi connectivity index (χ0v) is 19.5. The lowest BCUT2D eigenvalue weighted by Crippen LogP contribution is -2.36. The Morgan fingerprint density at radius 1 is 1.09 bits per heavy atom. The SMILES string of the molecule is CCn1nc(C)c(CN=C(NC(=O)c2ccc(F)c(F)c2)Nc2ccc(C(C)C)cc2)c1C. The van der Waals surface area contributed by atoms with Crippen molar-refractivity contribution in [1.29, 1.82) is 0 Å². The number of carbonyl (C=O) groups excluding carboxylic acids is 1. The minimum Gasteiger partial charge on any atom is -0.326 e. The summed E-state index contributed by atoms with van der Waals surface area (Å²) in [7, 11) is 0. The van der Waals surface area contributed by atoms with E-state index in [1.807, 2.05) is 49.7 Å². The molecular weight excluding hydrogens is 424 g/mol. The van der Waals surface area contributed by atoms with E-state index in [1.54, 1.807) is 0 Å². The molecule has 0 bridgehead atoms. The summed E-state index contributed by atoms with van der Waals surface area (Å²) < 4.78 is 28.8. The molecule has 8 heteroatoms. The number of aromatic nitrogens is 2. The molecular formula is C25H29F2N5O. The average molecular weight is 454 g/mol. The number of nitrogens with zero attached hydrogens (tertiary/aromatic N) is 3. The predicted molar refractivity (Wildman–Crippen MR) is 126 cm³/mol. The predicted octanol–water partition coefficient (Wildman–Crippen LogP) is 5.32. The molecule has 6 nitrogen and oxygen atoms in total. The molecule has 33 heavy (non-hydrogen) atoms. The largest absolute Gasteiger partial charge is 0.326 e. The lowest BCUT2D eigenvalue weighted by molar-refractivity contribution is 0.0976. The Morgan fingerprint density at radius 3 is 2.36 bits per heavy atom. The first-order chi connectivity index (χ1) is 15.7. The van der Waals surface area contributed by atoms with E-state index >= 15 is 0 Å². The first-order valence-electron chi connectivity index (χ1n) is 10.9. The third kappa shape index (κ3) is 5.83. The molecule has 0 saturated carbocycles. The summed E-state index contributed by atoms with van der Waals surface area (Å²) in [5.74, 6) is -2.11. The number of anilines is 1. The van der Waals surface area contributed by atoms with E-state index in [-0.39, 0.29) is 11.5 Å². The molecule has 0 atom stereocenters. The summed E-state index contributed by atoms with van der Waals surface area (Å²) in [5.41, 5.74) is 4.75. The van der Waals surface area contributed by atoms with E-state index in [0.717, 1.165) is 41.3 Å². The van der Waals surface area contributed by atoms with Gasteiger partial charge in [-0.2, -0.15) is 5.10 Å². The van der Waals surface area contributed by atoms with Crippen LogP contribution in [0.3, 0.4) is 0 Å². The maximum atomic E-state index is 13.6. The first kappa shape index (κ1) is 24.1. The monoisotopic (exact) mass is 453 g/mol. The highest BCUT2D eigenvalue weighted by Gasteiger charge is 2.14. The fraction of sp³-hybridized carbons (Fsp3) is 0.320. The molecule has 0 spiro atoms. The van der Waals surface area contributed by atoms with Gasteiger partial charge in [-0.05, 0) is 62.6 Å². The van der Waals surface area contributed by atoms with Crippen LogP contribution in [0.25, 0.3) is 0 Å². The van der Waals surface area contributed by atoms with Gasteiger partial charge in [-0.15, -0.1) is 0 Å². The number of hydrogen-bond donors (Lipinski definition) is 2. The van der Waals surface area contributed by atoms with Crippen molar-refractivity contribution >= 4 is 17.6 Å². The summed E-state index contributed by atoms with van der Waals surface area (Å²) >= 11 is 0. The van der Waals surface area contributed by atoms with Gasteiger partial charge in [-0.25, -0.2) is 13.8 Å². The highest BCUT2D eigenvalue weighted by molar-refractivity contribution is 6.09. The fourth-order valence-corrected chi connectivity index (χ4v) is 3.44. The number of carbonyl (C=O) groups is 1. The number of benzene rings is 2. The zero-order chi connectivity index (χ0) is 24.1. The first-order valence-corrected chi connectivity index (χ1v) is 10.9. The molecule has 0 fully saturated rings. The van der Waals surface area contributed by atoms with E-state index in [4.69, 9.17) is 0 Å². The van der Waals surface area contributed by atoms with Crippen LogP contribution in [0.4, 0.5) is 14.5 Å². The quantitative estimate of drug-likeness (QED) is 0.392. The van der Waals surface area contributed by atoms with Gasteiger partial charge in [0.2, 0.25) is 5.96 Å². The van der Waals surface area contributed by atoms with Gasteiger partial charge < -0.3 is 5.32 Å². The summed E-state index contributed by atoms with van der Waals surface area (Å²) in [4.78, 5) is 17.3. The third-order valence-electron chi connectivity index (χ3n) is 5.48. The van der Waals surface area contributed by atoms with Crippen LogP contribution < -0.4 is 10.6 Å².